The highest BCUT2D eigenvalue weighted by atomic mass is 16.5. The first-order valence-corrected chi connectivity index (χ1v) is 12.9. The van der Waals surface area contributed by atoms with Crippen LogP contribution in [0.1, 0.15) is 25.3 Å². The third kappa shape index (κ3) is 6.65. The number of allylic oxidation sites excluding steroid dienone is 2. The first-order valence-electron chi connectivity index (χ1n) is 12.9. The number of nitrogens with zero attached hydrogens (tertiary/aromatic N) is 3. The van der Waals surface area contributed by atoms with E-state index in [-0.39, 0.29) is 11.3 Å². The molecule has 11 nitrogen and oxygen atoms in total. The molecule has 1 N–H and O–H groups in total. The number of benzene rings is 1. The second-order valence-electron chi connectivity index (χ2n) is 9.67. The SMILES string of the molecule is COC(=O)C1=C(C)NC(C)=C(C(=O)OC(CN2CCOCC2)CN2CCOCC2)C1c1cccc(N=O)c1. The van der Waals surface area contributed by atoms with E-state index >= 15 is 0 Å². The number of methoxy groups -OCH3 is 1. The zero-order valence-corrected chi connectivity index (χ0v) is 22.2. The first-order chi connectivity index (χ1) is 18.4. The number of carbonyl (C=O) groups is 2. The lowest BCUT2D eigenvalue weighted by Crippen LogP contribution is -2.48. The summed E-state index contributed by atoms with van der Waals surface area (Å²) in [5.74, 6) is -1.88. The molecule has 38 heavy (non-hydrogen) atoms. The number of ether oxygens (including phenoxy) is 4. The standard InChI is InChI=1S/C27H36N4O7/c1-18-23(26(32)35-3)25(20-5-4-6-21(15-20)29-34)24(19(2)28-18)27(33)38-22(16-30-7-11-36-12-8-30)17-31-9-13-37-14-10-31/h4-6,15,22,25,28H,7-14,16-17H2,1-3H3. The summed E-state index contributed by atoms with van der Waals surface area (Å²) < 4.78 is 22.3. The molecule has 0 saturated carbocycles. The number of esters is 2. The molecule has 0 bridgehead atoms. The van der Waals surface area contributed by atoms with Gasteiger partial charge in [0.25, 0.3) is 0 Å². The van der Waals surface area contributed by atoms with Gasteiger partial charge in [0.15, 0.2) is 0 Å². The maximum absolute atomic E-state index is 13.9. The average molecular weight is 529 g/mol. The van der Waals surface area contributed by atoms with E-state index in [1.54, 1.807) is 38.1 Å². The van der Waals surface area contributed by atoms with Gasteiger partial charge in [-0.3, -0.25) is 9.80 Å². The molecule has 2 saturated heterocycles. The minimum Gasteiger partial charge on any atom is -0.466 e. The topological polar surface area (TPSA) is 119 Å². The van der Waals surface area contributed by atoms with Crippen molar-refractivity contribution in [1.82, 2.24) is 15.1 Å². The van der Waals surface area contributed by atoms with Gasteiger partial charge in [0.2, 0.25) is 0 Å². The Bertz CT molecular complexity index is 1070. The largest absolute Gasteiger partial charge is 0.466 e. The molecule has 206 valence electrons. The van der Waals surface area contributed by atoms with Crippen LogP contribution in [0.2, 0.25) is 0 Å². The Kier molecular flexibility index (Phi) is 9.62. The summed E-state index contributed by atoms with van der Waals surface area (Å²) in [6, 6.07) is 6.59. The molecule has 0 radical (unpaired) electrons. The summed E-state index contributed by atoms with van der Waals surface area (Å²) in [7, 11) is 1.30. The number of rotatable bonds is 9. The van der Waals surface area contributed by atoms with E-state index in [4.69, 9.17) is 18.9 Å². The number of nitroso groups, excluding NO2 is 1. The van der Waals surface area contributed by atoms with Gasteiger partial charge in [-0.15, -0.1) is 4.91 Å². The second-order valence-corrected chi connectivity index (χ2v) is 9.67. The van der Waals surface area contributed by atoms with Crippen LogP contribution in [0.15, 0.2) is 52.0 Å². The van der Waals surface area contributed by atoms with Crippen molar-refractivity contribution in [2.45, 2.75) is 25.9 Å². The predicted molar refractivity (Wildman–Crippen MR) is 140 cm³/mol. The van der Waals surface area contributed by atoms with Crippen LogP contribution in [0, 0.1) is 4.91 Å². The summed E-state index contributed by atoms with van der Waals surface area (Å²) in [4.78, 5) is 42.6. The summed E-state index contributed by atoms with van der Waals surface area (Å²) >= 11 is 0. The minimum atomic E-state index is -0.787. The Balaban J connectivity index is 1.65. The number of morpholine rings is 2. The Morgan fingerprint density at radius 3 is 2.05 bits per heavy atom. The highest BCUT2D eigenvalue weighted by Crippen LogP contribution is 2.40. The minimum absolute atomic E-state index is 0.200. The number of nitrogens with one attached hydrogen (secondary N) is 1. The van der Waals surface area contributed by atoms with Crippen molar-refractivity contribution in [1.29, 1.82) is 0 Å². The van der Waals surface area contributed by atoms with Crippen LogP contribution in [-0.4, -0.2) is 101 Å². The van der Waals surface area contributed by atoms with E-state index in [0.29, 0.717) is 62.0 Å². The lowest BCUT2D eigenvalue weighted by molar-refractivity contribution is -0.147. The maximum atomic E-state index is 13.9. The Morgan fingerprint density at radius 1 is 0.974 bits per heavy atom. The molecule has 3 aliphatic rings. The number of dihydropyridines is 1. The summed E-state index contributed by atoms with van der Waals surface area (Å²) in [5, 5.41) is 6.20. The lowest BCUT2D eigenvalue weighted by Gasteiger charge is -2.35. The molecule has 4 rings (SSSR count). The number of carbonyl (C=O) groups excluding carboxylic acids is 2. The molecule has 1 aromatic carbocycles. The molecule has 1 atom stereocenters. The lowest BCUT2D eigenvalue weighted by atomic mass is 9.80. The van der Waals surface area contributed by atoms with E-state index < -0.39 is 24.0 Å². The third-order valence-electron chi connectivity index (χ3n) is 7.10. The normalized spacial score (nSPS) is 21.3. The van der Waals surface area contributed by atoms with Gasteiger partial charge in [-0.25, -0.2) is 9.59 Å². The van der Waals surface area contributed by atoms with Crippen molar-refractivity contribution in [2.75, 3.05) is 72.8 Å². The molecule has 0 aliphatic carbocycles. The van der Waals surface area contributed by atoms with Crippen molar-refractivity contribution >= 4 is 17.6 Å². The Labute approximate surface area is 222 Å². The maximum Gasteiger partial charge on any atom is 0.337 e. The average Bonchev–Trinajstić information content (AvgIpc) is 2.93. The van der Waals surface area contributed by atoms with Crippen molar-refractivity contribution < 1.29 is 28.5 Å². The fourth-order valence-corrected chi connectivity index (χ4v) is 5.23. The fraction of sp³-hybridized carbons (Fsp3) is 0.556. The van der Waals surface area contributed by atoms with Crippen molar-refractivity contribution in [3.8, 4) is 0 Å². The van der Waals surface area contributed by atoms with Crippen LogP contribution in [-0.2, 0) is 28.5 Å². The van der Waals surface area contributed by atoms with Gasteiger partial charge in [0.1, 0.15) is 11.8 Å². The van der Waals surface area contributed by atoms with Crippen molar-refractivity contribution in [3.05, 3.63) is 57.3 Å². The van der Waals surface area contributed by atoms with Crippen molar-refractivity contribution in [3.63, 3.8) is 0 Å². The molecule has 3 aliphatic heterocycles. The predicted octanol–water partition coefficient (Wildman–Crippen LogP) is 2.07. The van der Waals surface area contributed by atoms with Crippen LogP contribution < -0.4 is 5.32 Å². The van der Waals surface area contributed by atoms with Crippen LogP contribution in [0.5, 0.6) is 0 Å². The zero-order valence-electron chi connectivity index (χ0n) is 22.2. The van der Waals surface area contributed by atoms with Crippen LogP contribution in [0.3, 0.4) is 0 Å². The number of hydrogen-bond acceptors (Lipinski definition) is 11. The first kappa shape index (κ1) is 27.9. The van der Waals surface area contributed by atoms with Gasteiger partial charge >= 0.3 is 11.9 Å². The highest BCUT2D eigenvalue weighted by Gasteiger charge is 2.39. The molecule has 0 amide bonds. The Hall–Kier alpha value is -3.12. The van der Waals surface area contributed by atoms with Crippen LogP contribution >= 0.6 is 0 Å². The quantitative estimate of drug-likeness (QED) is 0.377. The third-order valence-corrected chi connectivity index (χ3v) is 7.10. The summed E-state index contributed by atoms with van der Waals surface area (Å²) in [5.41, 5.74) is 2.50. The molecular formula is C27H36N4O7. The molecule has 1 aromatic rings. The van der Waals surface area contributed by atoms with E-state index in [9.17, 15) is 14.5 Å². The van der Waals surface area contributed by atoms with E-state index in [1.165, 1.54) is 7.11 Å². The number of hydrogen-bond donors (Lipinski definition) is 1. The van der Waals surface area contributed by atoms with Gasteiger partial charge < -0.3 is 24.3 Å². The van der Waals surface area contributed by atoms with Gasteiger partial charge in [0, 0.05) is 50.7 Å². The molecule has 11 heteroatoms. The van der Waals surface area contributed by atoms with Crippen LogP contribution in [0.25, 0.3) is 0 Å². The van der Waals surface area contributed by atoms with Gasteiger partial charge in [0.05, 0.1) is 50.6 Å². The smallest absolute Gasteiger partial charge is 0.337 e. The monoisotopic (exact) mass is 528 g/mol. The molecule has 1 unspecified atom stereocenters. The van der Waals surface area contributed by atoms with E-state index in [1.807, 2.05) is 0 Å². The molecule has 0 spiro atoms. The van der Waals surface area contributed by atoms with Gasteiger partial charge in [-0.05, 0) is 36.7 Å². The van der Waals surface area contributed by atoms with Crippen molar-refractivity contribution in [2.24, 2.45) is 5.18 Å². The second kappa shape index (κ2) is 13.1. The highest BCUT2D eigenvalue weighted by molar-refractivity contribution is 6.00. The molecular weight excluding hydrogens is 492 g/mol. The zero-order chi connectivity index (χ0) is 27.1. The molecule has 3 heterocycles. The van der Waals surface area contributed by atoms with Gasteiger partial charge in [-0.1, -0.05) is 12.1 Å². The van der Waals surface area contributed by atoms with E-state index in [0.717, 1.165) is 26.2 Å². The molecule has 2 fully saturated rings. The van der Waals surface area contributed by atoms with E-state index in [2.05, 4.69) is 20.3 Å². The van der Waals surface area contributed by atoms with Gasteiger partial charge in [-0.2, -0.15) is 0 Å². The fourth-order valence-electron chi connectivity index (χ4n) is 5.23. The molecule has 0 aromatic heterocycles. The Morgan fingerprint density at radius 2 is 1.53 bits per heavy atom. The van der Waals surface area contributed by atoms with Crippen LogP contribution in [0.4, 0.5) is 5.69 Å². The summed E-state index contributed by atoms with van der Waals surface area (Å²) in [6.45, 7) is 10.3. The summed E-state index contributed by atoms with van der Waals surface area (Å²) in [6.07, 6.45) is -0.406.